The van der Waals surface area contributed by atoms with E-state index in [1.165, 1.54) is 0 Å². The topological polar surface area (TPSA) is 65.3 Å². The predicted octanol–water partition coefficient (Wildman–Crippen LogP) is 6.63. The molecule has 5 aromatic rings. The van der Waals surface area contributed by atoms with E-state index in [4.69, 9.17) is 16.3 Å². The van der Waals surface area contributed by atoms with E-state index in [0.717, 1.165) is 28.1 Å². The number of halogens is 1. The Morgan fingerprint density at radius 3 is 2.38 bits per heavy atom. The van der Waals surface area contributed by atoms with Gasteiger partial charge < -0.3 is 19.2 Å². The summed E-state index contributed by atoms with van der Waals surface area (Å²) in [6, 6.07) is 26.9. The molecular formula is C30H26ClN3O3. The highest BCUT2D eigenvalue weighted by molar-refractivity contribution is 6.30. The van der Waals surface area contributed by atoms with Gasteiger partial charge >= 0.3 is 5.97 Å². The van der Waals surface area contributed by atoms with E-state index >= 15 is 0 Å². The number of aromatic nitrogens is 2. The second-order valence-electron chi connectivity index (χ2n) is 8.72. The zero-order valence-corrected chi connectivity index (χ0v) is 21.3. The summed E-state index contributed by atoms with van der Waals surface area (Å²) < 4.78 is 8.70. The maximum Gasteiger partial charge on any atom is 0.354 e. The quantitative estimate of drug-likeness (QED) is 0.249. The van der Waals surface area contributed by atoms with E-state index in [2.05, 4.69) is 5.32 Å². The monoisotopic (exact) mass is 511 g/mol. The summed E-state index contributed by atoms with van der Waals surface area (Å²) in [4.78, 5) is 26.5. The summed E-state index contributed by atoms with van der Waals surface area (Å²) in [6.45, 7) is 2.37. The van der Waals surface area contributed by atoms with Gasteiger partial charge in [-0.05, 0) is 48.9 Å². The number of anilines is 2. The lowest BCUT2D eigenvalue weighted by molar-refractivity contribution is 0.0515. The number of fused-ring (bicyclic) bond motifs is 1. The molecule has 186 valence electrons. The number of carbonyl (C=O) groups is 1. The Morgan fingerprint density at radius 2 is 1.65 bits per heavy atom. The van der Waals surface area contributed by atoms with Crippen molar-refractivity contribution in [3.8, 4) is 11.1 Å². The number of hydrogen-bond donors (Lipinski definition) is 1. The molecule has 0 saturated carbocycles. The maximum atomic E-state index is 13.5. The van der Waals surface area contributed by atoms with Crippen molar-refractivity contribution < 1.29 is 9.53 Å². The van der Waals surface area contributed by atoms with Crippen LogP contribution >= 0.6 is 11.6 Å². The van der Waals surface area contributed by atoms with E-state index in [-0.39, 0.29) is 12.2 Å². The van der Waals surface area contributed by atoms with E-state index in [1.807, 2.05) is 85.1 Å². The molecule has 0 aliphatic carbocycles. The van der Waals surface area contributed by atoms with Crippen LogP contribution in [0.25, 0.3) is 22.0 Å². The van der Waals surface area contributed by atoms with Crippen LogP contribution in [0.2, 0.25) is 5.02 Å². The zero-order valence-electron chi connectivity index (χ0n) is 20.6. The van der Waals surface area contributed by atoms with E-state index in [9.17, 15) is 9.59 Å². The Morgan fingerprint density at radius 1 is 0.946 bits per heavy atom. The van der Waals surface area contributed by atoms with E-state index < -0.39 is 5.97 Å². The Balaban J connectivity index is 1.73. The number of hydrogen-bond acceptors (Lipinski definition) is 4. The van der Waals surface area contributed by atoms with Crippen LogP contribution in [0.5, 0.6) is 0 Å². The van der Waals surface area contributed by atoms with Gasteiger partial charge in [-0.3, -0.25) is 4.79 Å². The van der Waals surface area contributed by atoms with Crippen molar-refractivity contribution >= 4 is 39.8 Å². The normalized spacial score (nSPS) is 11.0. The van der Waals surface area contributed by atoms with Crippen molar-refractivity contribution in [3.63, 3.8) is 0 Å². The fourth-order valence-corrected chi connectivity index (χ4v) is 4.63. The summed E-state index contributed by atoms with van der Waals surface area (Å²) in [5.41, 5.74) is 5.04. The van der Waals surface area contributed by atoms with Crippen molar-refractivity contribution in [2.45, 2.75) is 13.5 Å². The minimum absolute atomic E-state index is 0.187. The Bertz CT molecular complexity index is 1640. The van der Waals surface area contributed by atoms with Crippen LogP contribution in [0.15, 0.2) is 95.9 Å². The molecule has 0 spiro atoms. The van der Waals surface area contributed by atoms with Gasteiger partial charge in [-0.25, -0.2) is 4.79 Å². The number of nitrogens with zero attached hydrogens (tertiary/aromatic N) is 2. The molecule has 5 rings (SSSR count). The highest BCUT2D eigenvalue weighted by Gasteiger charge is 2.23. The second kappa shape index (κ2) is 10.4. The molecule has 0 aliphatic rings. The van der Waals surface area contributed by atoms with Crippen LogP contribution in [0.1, 0.15) is 23.0 Å². The average Bonchev–Trinajstić information content (AvgIpc) is 3.28. The van der Waals surface area contributed by atoms with Crippen LogP contribution in [-0.4, -0.2) is 21.7 Å². The molecule has 2 aromatic heterocycles. The van der Waals surface area contributed by atoms with Crippen LogP contribution in [0, 0.1) is 0 Å². The molecule has 6 nitrogen and oxygen atoms in total. The van der Waals surface area contributed by atoms with Gasteiger partial charge in [0.1, 0.15) is 11.2 Å². The number of rotatable bonds is 7. The summed E-state index contributed by atoms with van der Waals surface area (Å²) in [6.07, 6.45) is 1.81. The van der Waals surface area contributed by atoms with Crippen LogP contribution in [-0.2, 0) is 18.3 Å². The average molecular weight is 512 g/mol. The molecule has 0 bridgehead atoms. The number of para-hydroxylation sites is 1. The first-order valence-electron chi connectivity index (χ1n) is 12.0. The molecule has 0 amide bonds. The van der Waals surface area contributed by atoms with Gasteiger partial charge in [0.25, 0.3) is 5.56 Å². The lowest BCUT2D eigenvalue weighted by Crippen LogP contribution is -2.21. The Labute approximate surface area is 219 Å². The first-order valence-corrected chi connectivity index (χ1v) is 12.4. The van der Waals surface area contributed by atoms with Gasteiger partial charge in [-0.1, -0.05) is 60.1 Å². The summed E-state index contributed by atoms with van der Waals surface area (Å²) in [5, 5.41) is 4.80. The van der Waals surface area contributed by atoms with Gasteiger partial charge in [-0.2, -0.15) is 0 Å². The van der Waals surface area contributed by atoms with Gasteiger partial charge in [0.05, 0.1) is 6.61 Å². The van der Waals surface area contributed by atoms with Gasteiger partial charge in [-0.15, -0.1) is 0 Å². The van der Waals surface area contributed by atoms with E-state index in [1.54, 1.807) is 29.2 Å². The van der Waals surface area contributed by atoms with Crippen molar-refractivity contribution in [1.82, 2.24) is 9.13 Å². The van der Waals surface area contributed by atoms with Crippen LogP contribution < -0.4 is 10.9 Å². The third-order valence-electron chi connectivity index (χ3n) is 6.24. The maximum absolute atomic E-state index is 13.5. The van der Waals surface area contributed by atoms with Crippen molar-refractivity contribution in [3.05, 3.63) is 118 Å². The summed E-state index contributed by atoms with van der Waals surface area (Å²) in [7, 11) is 1.73. The minimum Gasteiger partial charge on any atom is -0.461 e. The molecule has 1 N–H and O–H groups in total. The third kappa shape index (κ3) is 4.88. The number of benzene rings is 3. The standard InChI is InChI=1S/C30H26ClN3O3/c1-3-37-30(36)27-17-24-25(23-11-7-8-12-26(23)32-22-15-13-21(31)14-16-22)19-33(2)29(35)28(24)34(27)18-20-9-5-4-6-10-20/h4-17,19,32H,3,18H2,1-2H3. The number of aryl methyl sites for hydroxylation is 1. The fourth-order valence-electron chi connectivity index (χ4n) is 4.51. The van der Waals surface area contributed by atoms with E-state index in [0.29, 0.717) is 28.2 Å². The highest BCUT2D eigenvalue weighted by atomic mass is 35.5. The molecule has 7 heteroatoms. The molecule has 0 aliphatic heterocycles. The van der Waals surface area contributed by atoms with Gasteiger partial charge in [0, 0.05) is 52.7 Å². The van der Waals surface area contributed by atoms with Gasteiger partial charge in [0.2, 0.25) is 0 Å². The zero-order chi connectivity index (χ0) is 25.9. The molecule has 0 radical (unpaired) electrons. The number of esters is 1. The lowest BCUT2D eigenvalue weighted by atomic mass is 10.0. The van der Waals surface area contributed by atoms with Crippen molar-refractivity contribution in [1.29, 1.82) is 0 Å². The molecule has 37 heavy (non-hydrogen) atoms. The smallest absolute Gasteiger partial charge is 0.354 e. The molecule has 0 unspecified atom stereocenters. The fraction of sp³-hybridized carbons (Fsp3) is 0.133. The molecule has 0 saturated heterocycles. The third-order valence-corrected chi connectivity index (χ3v) is 6.49. The number of pyridine rings is 1. The first-order chi connectivity index (χ1) is 18.0. The number of nitrogens with one attached hydrogen (secondary N) is 1. The summed E-state index contributed by atoms with van der Waals surface area (Å²) >= 11 is 6.06. The molecule has 3 aromatic carbocycles. The highest BCUT2D eigenvalue weighted by Crippen LogP contribution is 2.36. The first kappa shape index (κ1) is 24.4. The molecule has 0 fully saturated rings. The largest absolute Gasteiger partial charge is 0.461 e. The Kier molecular flexibility index (Phi) is 6.84. The predicted molar refractivity (Wildman–Crippen MR) is 149 cm³/mol. The lowest BCUT2D eigenvalue weighted by Gasteiger charge is -2.15. The number of carbonyl (C=O) groups excluding carboxylic acids is 1. The molecular weight excluding hydrogens is 486 g/mol. The van der Waals surface area contributed by atoms with Crippen molar-refractivity contribution in [2.24, 2.45) is 7.05 Å². The Hall–Kier alpha value is -4.29. The van der Waals surface area contributed by atoms with Gasteiger partial charge in [0.15, 0.2) is 0 Å². The SMILES string of the molecule is CCOC(=O)c1cc2c(-c3ccccc3Nc3ccc(Cl)cc3)cn(C)c(=O)c2n1Cc1ccccc1. The van der Waals surface area contributed by atoms with Crippen LogP contribution in [0.4, 0.5) is 11.4 Å². The van der Waals surface area contributed by atoms with Crippen LogP contribution in [0.3, 0.4) is 0 Å². The molecule has 0 atom stereocenters. The number of ether oxygens (including phenoxy) is 1. The molecule has 2 heterocycles. The van der Waals surface area contributed by atoms with Crippen molar-refractivity contribution in [2.75, 3.05) is 11.9 Å². The summed E-state index contributed by atoms with van der Waals surface area (Å²) in [5.74, 6) is -0.463. The second-order valence-corrected chi connectivity index (χ2v) is 9.16. The minimum atomic E-state index is -0.463.